The Morgan fingerprint density at radius 2 is 1.83 bits per heavy atom. The highest BCUT2D eigenvalue weighted by Crippen LogP contribution is 2.20. The fraction of sp³-hybridized carbons (Fsp3) is 0.174. The van der Waals surface area contributed by atoms with Gasteiger partial charge in [0, 0.05) is 5.56 Å². The van der Waals surface area contributed by atoms with Crippen molar-refractivity contribution in [3.63, 3.8) is 0 Å². The number of benzene rings is 3. The number of hydrogen-bond donors (Lipinski definition) is 0. The Kier molecular flexibility index (Phi) is 5.27. The molecule has 6 heteroatoms. The van der Waals surface area contributed by atoms with Crippen LogP contribution in [0, 0.1) is 6.92 Å². The molecule has 0 bridgehead atoms. The maximum Gasteiger partial charge on any atom is 0.326 e. The molecule has 0 unspecified atom stereocenters. The van der Waals surface area contributed by atoms with E-state index in [1.54, 1.807) is 17.6 Å². The van der Waals surface area contributed by atoms with Crippen LogP contribution in [0.3, 0.4) is 0 Å². The van der Waals surface area contributed by atoms with E-state index >= 15 is 0 Å². The van der Waals surface area contributed by atoms with Crippen LogP contribution in [0.25, 0.3) is 21.0 Å². The molecule has 146 valence electrons. The minimum absolute atomic E-state index is 0.0146. The lowest BCUT2D eigenvalue weighted by Gasteiger charge is -2.05. The summed E-state index contributed by atoms with van der Waals surface area (Å²) in [6.45, 7) is 4.10. The minimum Gasteiger partial charge on any atom is -0.465 e. The van der Waals surface area contributed by atoms with Gasteiger partial charge in [0.05, 0.1) is 16.8 Å². The van der Waals surface area contributed by atoms with E-state index in [1.165, 1.54) is 11.3 Å². The first-order chi connectivity index (χ1) is 14.0. The zero-order valence-electron chi connectivity index (χ0n) is 16.2. The van der Waals surface area contributed by atoms with E-state index in [4.69, 9.17) is 4.74 Å². The van der Waals surface area contributed by atoms with Crippen LogP contribution in [0.4, 0.5) is 0 Å². The molecule has 0 aliphatic rings. The predicted molar refractivity (Wildman–Crippen MR) is 115 cm³/mol. The molecule has 0 N–H and O–H groups in total. The molecule has 1 heterocycles. The molecule has 1 aromatic heterocycles. The summed E-state index contributed by atoms with van der Waals surface area (Å²) in [7, 11) is 0. The maximum atomic E-state index is 12.9. The van der Waals surface area contributed by atoms with Crippen molar-refractivity contribution in [3.05, 3.63) is 76.6 Å². The number of aromatic nitrogens is 1. The highest BCUT2D eigenvalue weighted by molar-refractivity contribution is 7.16. The number of carbonyl (C=O) groups is 2. The minimum atomic E-state index is -0.354. The van der Waals surface area contributed by atoms with E-state index in [0.29, 0.717) is 17.0 Å². The first kappa shape index (κ1) is 19.1. The molecule has 0 radical (unpaired) electrons. The lowest BCUT2D eigenvalue weighted by molar-refractivity contribution is -0.143. The van der Waals surface area contributed by atoms with Crippen LogP contribution in [0.5, 0.6) is 0 Å². The maximum absolute atomic E-state index is 12.9. The van der Waals surface area contributed by atoms with Crippen molar-refractivity contribution in [2.45, 2.75) is 20.4 Å². The molecule has 0 atom stereocenters. The largest absolute Gasteiger partial charge is 0.465 e. The molecule has 29 heavy (non-hydrogen) atoms. The smallest absolute Gasteiger partial charge is 0.326 e. The second kappa shape index (κ2) is 8.01. The van der Waals surface area contributed by atoms with Crippen LogP contribution >= 0.6 is 11.3 Å². The quantitative estimate of drug-likeness (QED) is 0.472. The number of aryl methyl sites for hydroxylation is 1. The number of amides is 1. The first-order valence-electron chi connectivity index (χ1n) is 9.38. The molecule has 4 rings (SSSR count). The third kappa shape index (κ3) is 3.98. The molecule has 1 amide bonds. The fourth-order valence-electron chi connectivity index (χ4n) is 3.23. The van der Waals surface area contributed by atoms with Crippen molar-refractivity contribution >= 4 is 44.2 Å². The molecule has 0 saturated carbocycles. The number of rotatable bonds is 4. The number of carbonyl (C=O) groups excluding carboxylic acids is 2. The second-order valence-electron chi connectivity index (χ2n) is 6.73. The van der Waals surface area contributed by atoms with Crippen molar-refractivity contribution in [2.75, 3.05) is 6.61 Å². The van der Waals surface area contributed by atoms with Gasteiger partial charge < -0.3 is 9.30 Å². The molecular weight excluding hydrogens is 384 g/mol. The lowest BCUT2D eigenvalue weighted by Crippen LogP contribution is -2.23. The highest BCUT2D eigenvalue weighted by atomic mass is 32.1. The zero-order chi connectivity index (χ0) is 20.4. The Hall–Kier alpha value is -3.25. The van der Waals surface area contributed by atoms with Gasteiger partial charge in [0.15, 0.2) is 4.80 Å². The van der Waals surface area contributed by atoms with Gasteiger partial charge in [0.2, 0.25) is 0 Å². The number of ether oxygens (including phenoxy) is 1. The Bertz CT molecular complexity index is 1300. The predicted octanol–water partition coefficient (Wildman–Crippen LogP) is 4.47. The monoisotopic (exact) mass is 404 g/mol. The Morgan fingerprint density at radius 3 is 2.62 bits per heavy atom. The van der Waals surface area contributed by atoms with E-state index in [-0.39, 0.29) is 18.4 Å². The number of fused-ring (bicyclic) bond motifs is 2. The van der Waals surface area contributed by atoms with Gasteiger partial charge in [-0.2, -0.15) is 4.99 Å². The van der Waals surface area contributed by atoms with Gasteiger partial charge in [-0.05, 0) is 54.4 Å². The van der Waals surface area contributed by atoms with Crippen molar-refractivity contribution in [1.82, 2.24) is 4.57 Å². The molecule has 0 spiro atoms. The van der Waals surface area contributed by atoms with Gasteiger partial charge in [0.1, 0.15) is 6.54 Å². The van der Waals surface area contributed by atoms with Crippen LogP contribution < -0.4 is 4.80 Å². The molecule has 0 aliphatic carbocycles. The normalized spacial score (nSPS) is 11.9. The Labute approximate surface area is 171 Å². The molecule has 0 saturated heterocycles. The van der Waals surface area contributed by atoms with Crippen molar-refractivity contribution < 1.29 is 14.3 Å². The summed E-state index contributed by atoms with van der Waals surface area (Å²) in [4.78, 5) is 29.8. The summed E-state index contributed by atoms with van der Waals surface area (Å²) in [5.74, 6) is -0.691. The van der Waals surface area contributed by atoms with Crippen LogP contribution in [0.1, 0.15) is 22.8 Å². The highest BCUT2D eigenvalue weighted by Gasteiger charge is 2.13. The SMILES string of the molecule is CCOC(=O)Cn1c(=NC(=O)c2ccc3ccccc3c2)sc2cc(C)ccc21. The number of esters is 1. The van der Waals surface area contributed by atoms with Gasteiger partial charge in [-0.15, -0.1) is 0 Å². The van der Waals surface area contributed by atoms with E-state index in [0.717, 1.165) is 26.6 Å². The van der Waals surface area contributed by atoms with Crippen LogP contribution in [0.2, 0.25) is 0 Å². The van der Waals surface area contributed by atoms with Crippen molar-refractivity contribution in [2.24, 2.45) is 4.99 Å². The molecule has 5 nitrogen and oxygen atoms in total. The number of hydrogen-bond acceptors (Lipinski definition) is 4. The standard InChI is InChI=1S/C23H20N2O3S/c1-3-28-21(26)14-25-19-11-8-15(2)12-20(19)29-23(25)24-22(27)18-10-9-16-6-4-5-7-17(16)13-18/h4-13H,3,14H2,1-2H3. The summed E-state index contributed by atoms with van der Waals surface area (Å²) in [6.07, 6.45) is 0. The van der Waals surface area contributed by atoms with E-state index in [2.05, 4.69) is 4.99 Å². The van der Waals surface area contributed by atoms with Gasteiger partial charge in [-0.3, -0.25) is 9.59 Å². The second-order valence-corrected chi connectivity index (χ2v) is 7.73. The first-order valence-corrected chi connectivity index (χ1v) is 10.2. The Balaban J connectivity index is 1.80. The molecular formula is C23H20N2O3S. The van der Waals surface area contributed by atoms with E-state index in [1.807, 2.05) is 61.5 Å². The average molecular weight is 404 g/mol. The summed E-state index contributed by atoms with van der Waals surface area (Å²) in [5, 5.41) is 2.05. The van der Waals surface area contributed by atoms with Gasteiger partial charge in [0.25, 0.3) is 5.91 Å². The molecule has 4 aromatic rings. The third-order valence-corrected chi connectivity index (χ3v) is 5.67. The summed E-state index contributed by atoms with van der Waals surface area (Å²) in [5.41, 5.74) is 2.48. The summed E-state index contributed by atoms with van der Waals surface area (Å²) < 4.78 is 7.82. The van der Waals surface area contributed by atoms with Crippen LogP contribution in [0.15, 0.2) is 65.7 Å². The van der Waals surface area contributed by atoms with E-state index in [9.17, 15) is 9.59 Å². The summed E-state index contributed by atoms with van der Waals surface area (Å²) in [6, 6.07) is 19.4. The average Bonchev–Trinajstić information content (AvgIpc) is 3.03. The number of nitrogens with zero attached hydrogens (tertiary/aromatic N) is 2. The van der Waals surface area contributed by atoms with Crippen LogP contribution in [-0.2, 0) is 16.1 Å². The molecule has 0 aliphatic heterocycles. The van der Waals surface area contributed by atoms with Gasteiger partial charge in [-0.1, -0.05) is 47.7 Å². The summed E-state index contributed by atoms with van der Waals surface area (Å²) >= 11 is 1.39. The van der Waals surface area contributed by atoms with Gasteiger partial charge >= 0.3 is 5.97 Å². The number of thiazole rings is 1. The van der Waals surface area contributed by atoms with Crippen molar-refractivity contribution in [3.8, 4) is 0 Å². The molecule has 0 fully saturated rings. The Morgan fingerprint density at radius 1 is 1.03 bits per heavy atom. The zero-order valence-corrected chi connectivity index (χ0v) is 17.0. The third-order valence-electron chi connectivity index (χ3n) is 4.62. The van der Waals surface area contributed by atoms with Crippen LogP contribution in [-0.4, -0.2) is 23.1 Å². The van der Waals surface area contributed by atoms with Crippen molar-refractivity contribution in [1.29, 1.82) is 0 Å². The topological polar surface area (TPSA) is 60.7 Å². The van der Waals surface area contributed by atoms with Gasteiger partial charge in [-0.25, -0.2) is 0 Å². The van der Waals surface area contributed by atoms with E-state index < -0.39 is 0 Å². The lowest BCUT2D eigenvalue weighted by atomic mass is 10.1. The molecule has 3 aromatic carbocycles. The fourth-order valence-corrected chi connectivity index (χ4v) is 4.35.